The second-order valence-corrected chi connectivity index (χ2v) is 18.7. The smallest absolute Gasteiger partial charge is 0.416 e. The van der Waals surface area contributed by atoms with Crippen LogP contribution in [0.1, 0.15) is 98.3 Å². The molecule has 0 amide bonds. The van der Waals surface area contributed by atoms with Crippen molar-refractivity contribution in [1.82, 2.24) is 4.90 Å². The van der Waals surface area contributed by atoms with Crippen molar-refractivity contribution >= 4 is 35.0 Å². The van der Waals surface area contributed by atoms with Crippen LogP contribution in [-0.4, -0.2) is 125 Å². The van der Waals surface area contributed by atoms with Crippen LogP contribution in [0.2, 0.25) is 5.02 Å². The Morgan fingerprint density at radius 1 is 1.00 bits per heavy atom. The van der Waals surface area contributed by atoms with E-state index in [2.05, 4.69) is 10.2 Å². The van der Waals surface area contributed by atoms with Crippen LogP contribution in [0.3, 0.4) is 0 Å². The van der Waals surface area contributed by atoms with Crippen molar-refractivity contribution in [2.45, 2.75) is 154 Å². The number of methoxy groups -OCH3 is 1. The van der Waals surface area contributed by atoms with E-state index in [-0.39, 0.29) is 42.8 Å². The lowest BCUT2D eigenvalue weighted by atomic mass is 9.73. The fraction of sp³-hybridized carbons (Fsp3) is 0.660. The van der Waals surface area contributed by atoms with Crippen LogP contribution in [0.5, 0.6) is 0 Å². The van der Waals surface area contributed by atoms with Gasteiger partial charge in [0.05, 0.1) is 47.5 Å². The van der Waals surface area contributed by atoms with Crippen molar-refractivity contribution in [3.63, 3.8) is 0 Å². The van der Waals surface area contributed by atoms with Gasteiger partial charge in [-0.1, -0.05) is 63.6 Å². The largest absolute Gasteiger partial charge is 0.461 e. The molecule has 0 aliphatic carbocycles. The van der Waals surface area contributed by atoms with E-state index in [9.17, 15) is 38.1 Å². The highest BCUT2D eigenvalue weighted by Gasteiger charge is 2.52. The number of ether oxygens (including phenoxy) is 5. The molecule has 3 N–H and O–H groups in total. The van der Waals surface area contributed by atoms with Crippen LogP contribution in [-0.2, 0) is 45.9 Å². The molecule has 2 saturated heterocycles. The first-order chi connectivity index (χ1) is 29.7. The Bertz CT molecular complexity index is 1930. The van der Waals surface area contributed by atoms with Gasteiger partial charge < -0.3 is 43.9 Å². The minimum absolute atomic E-state index is 0.0780. The van der Waals surface area contributed by atoms with E-state index in [4.69, 9.17) is 35.3 Å². The van der Waals surface area contributed by atoms with E-state index in [0.717, 1.165) is 12.1 Å². The van der Waals surface area contributed by atoms with Crippen molar-refractivity contribution < 1.29 is 61.8 Å². The number of halogens is 4. The molecule has 2 aliphatic heterocycles. The highest BCUT2D eigenvalue weighted by atomic mass is 35.5. The first kappa shape index (κ1) is 53.1. The van der Waals surface area contributed by atoms with Crippen molar-refractivity contribution in [2.24, 2.45) is 33.9 Å². The molecule has 17 heteroatoms. The lowest BCUT2D eigenvalue weighted by Crippen LogP contribution is -2.60. The molecule has 2 aromatic rings. The number of alkyl halides is 3. The number of hydrogen-bond acceptors (Lipinski definition) is 13. The standard InChI is InChI=1S/C47H67ClF3N3O10/c1-13-36-46(9,59)41(57)27(4)38(53-52-30(7)32-16-18-33(19-17-32)47(49,50)51)25(2)24-45(8,60-12)42(64-44-39(56)35(54(10)11)22-26(3)61-44)28(5)40(29(6)43(58)62-36)63-37(55)23-31-14-20-34(48)21-15-31/h14-21,25-29,35-36,39-42,44,56-57,59H,13,22-24H2,1-12H3. The fourth-order valence-electron chi connectivity index (χ4n) is 9.04. The monoisotopic (exact) mass is 925 g/mol. The van der Waals surface area contributed by atoms with Gasteiger partial charge in [-0.25, -0.2) is 0 Å². The lowest BCUT2D eigenvalue weighted by molar-refractivity contribution is -0.301. The summed E-state index contributed by atoms with van der Waals surface area (Å²) in [6.45, 7) is 15.0. The van der Waals surface area contributed by atoms with Crippen molar-refractivity contribution in [1.29, 1.82) is 0 Å². The van der Waals surface area contributed by atoms with Gasteiger partial charge in [0.15, 0.2) is 6.29 Å². The number of carbonyl (C=O) groups is 2. The van der Waals surface area contributed by atoms with Crippen LogP contribution in [0.4, 0.5) is 13.2 Å². The first-order valence-electron chi connectivity index (χ1n) is 21.8. The summed E-state index contributed by atoms with van der Waals surface area (Å²) in [7, 11) is 5.16. The third-order valence-corrected chi connectivity index (χ3v) is 13.2. The highest BCUT2D eigenvalue weighted by Crippen LogP contribution is 2.40. The Kier molecular flexibility index (Phi) is 18.2. The molecule has 2 fully saturated rings. The third-order valence-electron chi connectivity index (χ3n) is 13.0. The summed E-state index contributed by atoms with van der Waals surface area (Å²) in [5, 5.41) is 45.4. The number of nitrogens with zero attached hydrogens (tertiary/aromatic N) is 3. The number of hydrogen-bond donors (Lipinski definition) is 3. The summed E-state index contributed by atoms with van der Waals surface area (Å²) in [4.78, 5) is 30.1. The molecule has 4 rings (SSSR count). The molecule has 14 unspecified atom stereocenters. The Morgan fingerprint density at radius 3 is 2.16 bits per heavy atom. The van der Waals surface area contributed by atoms with Gasteiger partial charge in [0.2, 0.25) is 0 Å². The second kappa shape index (κ2) is 21.9. The van der Waals surface area contributed by atoms with E-state index >= 15 is 0 Å². The zero-order chi connectivity index (χ0) is 48.1. The maximum atomic E-state index is 14.3. The van der Waals surface area contributed by atoms with Crippen molar-refractivity contribution in [3.8, 4) is 0 Å². The molecule has 0 spiro atoms. The van der Waals surface area contributed by atoms with Crippen molar-refractivity contribution in [2.75, 3.05) is 21.2 Å². The fourth-order valence-corrected chi connectivity index (χ4v) is 9.16. The molecule has 64 heavy (non-hydrogen) atoms. The summed E-state index contributed by atoms with van der Waals surface area (Å²) in [6, 6.07) is 10.8. The Morgan fingerprint density at radius 2 is 1.61 bits per heavy atom. The summed E-state index contributed by atoms with van der Waals surface area (Å²) in [5.41, 5.74) is -2.71. The highest BCUT2D eigenvalue weighted by molar-refractivity contribution is 6.30. The van der Waals surface area contributed by atoms with Crippen LogP contribution >= 0.6 is 11.6 Å². The number of aliphatic hydroxyl groups excluding tert-OH is 2. The second-order valence-electron chi connectivity index (χ2n) is 18.2. The molecule has 2 aromatic carbocycles. The van der Waals surface area contributed by atoms with Gasteiger partial charge in [0.25, 0.3) is 0 Å². The van der Waals surface area contributed by atoms with Crippen LogP contribution in [0.25, 0.3) is 0 Å². The van der Waals surface area contributed by atoms with Crippen LogP contribution < -0.4 is 0 Å². The normalized spacial score (nSPS) is 35.8. The number of benzene rings is 2. The van der Waals surface area contributed by atoms with E-state index in [1.165, 1.54) is 26.2 Å². The number of rotatable bonds is 10. The number of carbonyl (C=O) groups excluding carboxylic acids is 2. The third kappa shape index (κ3) is 12.7. The Labute approximate surface area is 380 Å². The topological polar surface area (TPSA) is 169 Å². The maximum Gasteiger partial charge on any atom is 0.416 e. The summed E-state index contributed by atoms with van der Waals surface area (Å²) in [6.07, 6.45) is -11.9. The molecule has 0 aromatic heterocycles. The van der Waals surface area contributed by atoms with Gasteiger partial charge in [-0.15, -0.1) is 0 Å². The quantitative estimate of drug-likeness (QED) is 0.125. The van der Waals surface area contributed by atoms with Gasteiger partial charge in [0.1, 0.15) is 23.9 Å². The predicted molar refractivity (Wildman–Crippen MR) is 237 cm³/mol. The molecule has 358 valence electrons. The number of esters is 2. The molecule has 0 saturated carbocycles. The van der Waals surface area contributed by atoms with Gasteiger partial charge in [-0.05, 0) is 109 Å². The van der Waals surface area contributed by atoms with E-state index in [1.54, 1.807) is 65.8 Å². The zero-order valence-corrected chi connectivity index (χ0v) is 39.7. The van der Waals surface area contributed by atoms with E-state index < -0.39 is 95.4 Å². The zero-order valence-electron chi connectivity index (χ0n) is 38.9. The minimum Gasteiger partial charge on any atom is -0.461 e. The van der Waals surface area contributed by atoms with Gasteiger partial charge >= 0.3 is 18.1 Å². The summed E-state index contributed by atoms with van der Waals surface area (Å²) in [5.74, 6) is -5.12. The van der Waals surface area contributed by atoms with Crippen LogP contribution in [0.15, 0.2) is 58.7 Å². The van der Waals surface area contributed by atoms with Crippen molar-refractivity contribution in [3.05, 3.63) is 70.2 Å². The van der Waals surface area contributed by atoms with Gasteiger partial charge in [-0.3, -0.25) is 9.59 Å². The molecular formula is C47H67ClF3N3O10. The predicted octanol–water partition coefficient (Wildman–Crippen LogP) is 7.28. The van der Waals surface area contributed by atoms with Gasteiger partial charge in [0, 0.05) is 35.7 Å². The number of aliphatic hydroxyl groups is 3. The SMILES string of the molecule is CCC1OC(=O)C(C)C(OC(=O)Cc2ccc(Cl)cc2)C(C)C(OC2OC(C)CC(N(C)C)C2O)C(C)(OC)CC(C)C(=NN=C(C)c2ccc(C(F)(F)F)cc2)C(C)C(O)C1(C)O. The average molecular weight is 927 g/mol. The minimum atomic E-state index is -4.53. The molecule has 2 aliphatic rings. The Balaban J connectivity index is 1.92. The molecule has 0 bridgehead atoms. The van der Waals surface area contributed by atoms with E-state index in [1.807, 2.05) is 32.8 Å². The molecular weight excluding hydrogens is 859 g/mol. The molecule has 13 nitrogen and oxygen atoms in total. The summed E-state index contributed by atoms with van der Waals surface area (Å²) < 4.78 is 71.9. The number of likely N-dealkylation sites (N-methyl/N-ethyl adjacent to an activating group) is 1. The van der Waals surface area contributed by atoms with Gasteiger partial charge in [-0.2, -0.15) is 23.4 Å². The summed E-state index contributed by atoms with van der Waals surface area (Å²) >= 11 is 6.10. The molecule has 2 heterocycles. The average Bonchev–Trinajstić information content (AvgIpc) is 3.23. The maximum absolute atomic E-state index is 14.3. The Hall–Kier alpha value is -3.48. The first-order valence-corrected chi connectivity index (χ1v) is 22.2. The van der Waals surface area contributed by atoms with Crippen LogP contribution in [0, 0.1) is 23.7 Å². The molecule has 14 atom stereocenters. The number of cyclic esters (lactones) is 1. The molecule has 0 radical (unpaired) electrons. The van der Waals surface area contributed by atoms with E-state index in [0.29, 0.717) is 22.6 Å². The lowest BCUT2D eigenvalue weighted by Gasteiger charge is -2.48.